The number of ketones is 1. The summed E-state index contributed by atoms with van der Waals surface area (Å²) in [4.78, 5) is 12.4. The molecule has 0 bridgehead atoms. The smallest absolute Gasteiger partial charge is 0.193 e. The van der Waals surface area contributed by atoms with Crippen LogP contribution in [0, 0.1) is 13.8 Å². The molecule has 0 aromatic heterocycles. The number of carbonyl (C=O) groups is 1. The van der Waals surface area contributed by atoms with Crippen LogP contribution >= 0.6 is 0 Å². The minimum atomic E-state index is 0.00463. The summed E-state index contributed by atoms with van der Waals surface area (Å²) in [6.07, 6.45) is 0. The molecule has 0 aliphatic heterocycles. The van der Waals surface area contributed by atoms with Crippen molar-refractivity contribution >= 4 is 17.2 Å². The van der Waals surface area contributed by atoms with E-state index in [1.165, 1.54) is 0 Å². The quantitative estimate of drug-likeness (QED) is 0.626. The zero-order valence-corrected chi connectivity index (χ0v) is 10.5. The molecule has 92 valence electrons. The lowest BCUT2D eigenvalue weighted by Gasteiger charge is -2.09. The van der Waals surface area contributed by atoms with Crippen molar-refractivity contribution in [2.45, 2.75) is 13.8 Å². The highest BCUT2D eigenvalue weighted by molar-refractivity contribution is 6.11. The van der Waals surface area contributed by atoms with Gasteiger partial charge in [0.2, 0.25) is 0 Å². The molecule has 0 fully saturated rings. The first-order valence-corrected chi connectivity index (χ1v) is 5.76. The number of nitrogens with two attached hydrogens (primary N) is 2. The highest BCUT2D eigenvalue weighted by Gasteiger charge is 2.13. The van der Waals surface area contributed by atoms with Crippen molar-refractivity contribution in [3.63, 3.8) is 0 Å². The Hall–Kier alpha value is -2.29. The van der Waals surface area contributed by atoms with Crippen LogP contribution in [-0.2, 0) is 0 Å². The predicted octanol–water partition coefficient (Wildman–Crippen LogP) is 2.70. The summed E-state index contributed by atoms with van der Waals surface area (Å²) in [5.41, 5.74) is 15.8. The van der Waals surface area contributed by atoms with E-state index in [0.29, 0.717) is 22.5 Å². The van der Waals surface area contributed by atoms with Gasteiger partial charge >= 0.3 is 0 Å². The summed E-state index contributed by atoms with van der Waals surface area (Å²) in [5.74, 6) is 0.00463. The molecule has 2 aromatic rings. The molecule has 0 spiro atoms. The lowest BCUT2D eigenvalue weighted by atomic mass is 9.95. The Morgan fingerprint density at radius 3 is 1.56 bits per heavy atom. The first kappa shape index (κ1) is 12.2. The van der Waals surface area contributed by atoms with Crippen LogP contribution in [0.2, 0.25) is 0 Å². The van der Waals surface area contributed by atoms with Gasteiger partial charge in [-0.25, -0.2) is 0 Å². The van der Waals surface area contributed by atoms with Gasteiger partial charge in [0.1, 0.15) is 0 Å². The number of nitrogen functional groups attached to an aromatic ring is 2. The normalized spacial score (nSPS) is 10.3. The van der Waals surface area contributed by atoms with Gasteiger partial charge in [-0.3, -0.25) is 4.79 Å². The van der Waals surface area contributed by atoms with Crippen molar-refractivity contribution in [3.8, 4) is 0 Å². The van der Waals surface area contributed by atoms with E-state index in [1.807, 2.05) is 13.8 Å². The summed E-state index contributed by atoms with van der Waals surface area (Å²) in [7, 11) is 0. The van der Waals surface area contributed by atoms with E-state index < -0.39 is 0 Å². The summed E-state index contributed by atoms with van der Waals surface area (Å²) >= 11 is 0. The van der Waals surface area contributed by atoms with Crippen LogP contribution in [0.5, 0.6) is 0 Å². The molecule has 0 aliphatic carbocycles. The number of anilines is 2. The van der Waals surface area contributed by atoms with E-state index in [1.54, 1.807) is 36.4 Å². The second-order valence-corrected chi connectivity index (χ2v) is 4.48. The second-order valence-electron chi connectivity index (χ2n) is 4.48. The highest BCUT2D eigenvalue weighted by atomic mass is 16.1. The Kier molecular flexibility index (Phi) is 3.06. The molecule has 3 nitrogen and oxygen atoms in total. The zero-order chi connectivity index (χ0) is 13.3. The summed E-state index contributed by atoms with van der Waals surface area (Å²) in [5, 5.41) is 0. The maximum absolute atomic E-state index is 12.4. The number of carbonyl (C=O) groups excluding carboxylic acids is 1. The first-order valence-electron chi connectivity index (χ1n) is 5.76. The maximum atomic E-state index is 12.4. The molecule has 0 amide bonds. The third kappa shape index (κ3) is 2.20. The predicted molar refractivity (Wildman–Crippen MR) is 74.6 cm³/mol. The van der Waals surface area contributed by atoms with Crippen LogP contribution in [-0.4, -0.2) is 5.78 Å². The highest BCUT2D eigenvalue weighted by Crippen LogP contribution is 2.20. The largest absolute Gasteiger partial charge is 0.399 e. The van der Waals surface area contributed by atoms with Gasteiger partial charge in [-0.05, 0) is 61.4 Å². The van der Waals surface area contributed by atoms with Crippen molar-refractivity contribution in [1.29, 1.82) is 0 Å². The van der Waals surface area contributed by atoms with Crippen LogP contribution in [0.4, 0.5) is 11.4 Å². The fourth-order valence-electron chi connectivity index (χ4n) is 2.03. The van der Waals surface area contributed by atoms with Gasteiger partial charge in [-0.1, -0.05) is 0 Å². The van der Waals surface area contributed by atoms with Gasteiger partial charge in [-0.2, -0.15) is 0 Å². The third-order valence-corrected chi connectivity index (χ3v) is 2.99. The Bertz CT molecular complexity index is 564. The van der Waals surface area contributed by atoms with E-state index in [-0.39, 0.29) is 5.78 Å². The Morgan fingerprint density at radius 1 is 0.833 bits per heavy atom. The fourth-order valence-corrected chi connectivity index (χ4v) is 2.03. The van der Waals surface area contributed by atoms with Crippen molar-refractivity contribution in [2.24, 2.45) is 0 Å². The molecule has 18 heavy (non-hydrogen) atoms. The minimum absolute atomic E-state index is 0.00463. The topological polar surface area (TPSA) is 69.1 Å². The van der Waals surface area contributed by atoms with Crippen molar-refractivity contribution in [2.75, 3.05) is 11.5 Å². The number of hydrogen-bond donors (Lipinski definition) is 2. The SMILES string of the molecule is Cc1cc(N)ccc1C(=O)c1ccc(N)cc1C. The monoisotopic (exact) mass is 240 g/mol. The molecule has 0 heterocycles. The molecule has 4 N–H and O–H groups in total. The van der Waals surface area contributed by atoms with Crippen molar-refractivity contribution in [1.82, 2.24) is 0 Å². The van der Waals surface area contributed by atoms with E-state index in [9.17, 15) is 4.79 Å². The van der Waals surface area contributed by atoms with Crippen molar-refractivity contribution < 1.29 is 4.79 Å². The van der Waals surface area contributed by atoms with E-state index in [2.05, 4.69) is 0 Å². The third-order valence-electron chi connectivity index (χ3n) is 2.99. The summed E-state index contributed by atoms with van der Waals surface area (Å²) in [6, 6.07) is 10.6. The lowest BCUT2D eigenvalue weighted by molar-refractivity contribution is 0.103. The number of benzene rings is 2. The van der Waals surface area contributed by atoms with Crippen LogP contribution in [0.1, 0.15) is 27.0 Å². The molecule has 0 radical (unpaired) electrons. The molecule has 2 aromatic carbocycles. The molecule has 0 saturated carbocycles. The Morgan fingerprint density at radius 2 is 1.22 bits per heavy atom. The minimum Gasteiger partial charge on any atom is -0.399 e. The first-order chi connectivity index (χ1) is 8.49. The van der Waals surface area contributed by atoms with E-state index >= 15 is 0 Å². The van der Waals surface area contributed by atoms with E-state index in [4.69, 9.17) is 11.5 Å². The van der Waals surface area contributed by atoms with Crippen molar-refractivity contribution in [3.05, 3.63) is 58.7 Å². The van der Waals surface area contributed by atoms with Gasteiger partial charge < -0.3 is 11.5 Å². The molecule has 3 heteroatoms. The summed E-state index contributed by atoms with van der Waals surface area (Å²) < 4.78 is 0. The van der Waals surface area contributed by atoms with Crippen LogP contribution in [0.3, 0.4) is 0 Å². The average Bonchev–Trinajstić information content (AvgIpc) is 2.28. The number of hydrogen-bond acceptors (Lipinski definition) is 3. The standard InChI is InChI=1S/C15H16N2O/c1-9-7-11(16)3-5-13(9)15(18)14-6-4-12(17)8-10(14)2/h3-8H,16-17H2,1-2H3. The molecule has 0 unspecified atom stereocenters. The van der Waals surface area contributed by atoms with Crippen LogP contribution in [0.15, 0.2) is 36.4 Å². The second kappa shape index (κ2) is 4.53. The summed E-state index contributed by atoms with van der Waals surface area (Å²) in [6.45, 7) is 3.77. The number of aryl methyl sites for hydroxylation is 2. The molecule has 2 rings (SSSR count). The molecule has 0 saturated heterocycles. The van der Waals surface area contributed by atoms with Gasteiger partial charge in [0.15, 0.2) is 5.78 Å². The van der Waals surface area contributed by atoms with Crippen LogP contribution < -0.4 is 11.5 Å². The number of rotatable bonds is 2. The van der Waals surface area contributed by atoms with Crippen LogP contribution in [0.25, 0.3) is 0 Å². The molecule has 0 aliphatic rings. The molecule has 0 atom stereocenters. The molecular weight excluding hydrogens is 224 g/mol. The lowest BCUT2D eigenvalue weighted by Crippen LogP contribution is -2.06. The molecular formula is C15H16N2O. The average molecular weight is 240 g/mol. The maximum Gasteiger partial charge on any atom is 0.193 e. The van der Waals surface area contributed by atoms with Gasteiger partial charge in [0.25, 0.3) is 0 Å². The van der Waals surface area contributed by atoms with E-state index in [0.717, 1.165) is 11.1 Å². The van der Waals surface area contributed by atoms with Gasteiger partial charge in [0.05, 0.1) is 0 Å². The van der Waals surface area contributed by atoms with Gasteiger partial charge in [-0.15, -0.1) is 0 Å². The Balaban J connectivity index is 2.48. The van der Waals surface area contributed by atoms with Gasteiger partial charge in [0, 0.05) is 22.5 Å². The fraction of sp³-hybridized carbons (Fsp3) is 0.133. The zero-order valence-electron chi connectivity index (χ0n) is 10.5. The Labute approximate surface area is 106 Å².